The first-order valence-corrected chi connectivity index (χ1v) is 9.81. The maximum absolute atomic E-state index is 11.0. The van der Waals surface area contributed by atoms with E-state index in [1.54, 1.807) is 0 Å². The highest BCUT2D eigenvalue weighted by molar-refractivity contribution is 14.1. The first kappa shape index (κ1) is 17.8. The lowest BCUT2D eigenvalue weighted by Gasteiger charge is -2.19. The third kappa shape index (κ3) is 4.98. The second kappa shape index (κ2) is 7.84. The first-order chi connectivity index (χ1) is 10.9. The van der Waals surface area contributed by atoms with Crippen molar-refractivity contribution in [1.82, 2.24) is 0 Å². The number of hydrogen-bond acceptors (Lipinski definition) is 5. The molecule has 0 aliphatic carbocycles. The first-order valence-electron chi connectivity index (χ1n) is 6.84. The van der Waals surface area contributed by atoms with Crippen molar-refractivity contribution in [2.45, 2.75) is 11.8 Å². The standard InChI is InChI=1S/C15H16IN3O3S/c1-2-19(11-16)14-7-3-12(4-8-14)17-18-13-5-9-15(10-6-13)23(20,21)22/h3-10H,2,11H2,1H3,(H,20,21,22). The number of anilines is 1. The van der Waals surface area contributed by atoms with Gasteiger partial charge in [-0.1, -0.05) is 22.6 Å². The van der Waals surface area contributed by atoms with Crippen LogP contribution in [0.5, 0.6) is 0 Å². The molecule has 2 aromatic carbocycles. The van der Waals surface area contributed by atoms with E-state index >= 15 is 0 Å². The van der Waals surface area contributed by atoms with Gasteiger partial charge in [0.15, 0.2) is 0 Å². The topological polar surface area (TPSA) is 82.3 Å². The Morgan fingerprint density at radius 3 is 1.87 bits per heavy atom. The molecule has 2 aromatic rings. The van der Waals surface area contributed by atoms with Crippen LogP contribution in [0, 0.1) is 0 Å². The molecule has 0 fully saturated rings. The molecule has 8 heteroatoms. The molecule has 23 heavy (non-hydrogen) atoms. The average molecular weight is 445 g/mol. The van der Waals surface area contributed by atoms with E-state index < -0.39 is 10.1 Å². The van der Waals surface area contributed by atoms with Crippen molar-refractivity contribution in [3.8, 4) is 0 Å². The summed E-state index contributed by atoms with van der Waals surface area (Å²) in [4.78, 5) is 2.05. The highest BCUT2D eigenvalue weighted by Gasteiger charge is 2.08. The lowest BCUT2D eigenvalue weighted by atomic mass is 10.2. The molecule has 0 bridgehead atoms. The molecule has 0 saturated carbocycles. The van der Waals surface area contributed by atoms with Crippen molar-refractivity contribution in [2.75, 3.05) is 16.0 Å². The fraction of sp³-hybridized carbons (Fsp3) is 0.200. The molecule has 0 aliphatic heterocycles. The number of benzene rings is 2. The van der Waals surface area contributed by atoms with Crippen LogP contribution in [-0.4, -0.2) is 24.1 Å². The van der Waals surface area contributed by atoms with Gasteiger partial charge < -0.3 is 4.90 Å². The number of hydrogen-bond donors (Lipinski definition) is 1. The number of halogens is 1. The van der Waals surface area contributed by atoms with E-state index in [0.717, 1.165) is 16.8 Å². The van der Waals surface area contributed by atoms with Gasteiger partial charge in [-0.2, -0.15) is 18.6 Å². The smallest absolute Gasteiger partial charge is 0.294 e. The van der Waals surface area contributed by atoms with Gasteiger partial charge in [0.1, 0.15) is 0 Å². The van der Waals surface area contributed by atoms with Gasteiger partial charge in [0.05, 0.1) is 20.8 Å². The third-order valence-electron chi connectivity index (χ3n) is 3.16. The summed E-state index contributed by atoms with van der Waals surface area (Å²) in [7, 11) is -4.18. The largest absolute Gasteiger partial charge is 0.363 e. The molecule has 0 aromatic heterocycles. The Bertz CT molecular complexity index is 771. The zero-order valence-electron chi connectivity index (χ0n) is 12.4. The van der Waals surface area contributed by atoms with Crippen molar-refractivity contribution in [3.63, 3.8) is 0 Å². The van der Waals surface area contributed by atoms with Gasteiger partial charge in [0.25, 0.3) is 10.1 Å². The molecule has 1 N–H and O–H groups in total. The van der Waals surface area contributed by atoms with Gasteiger partial charge in [-0.15, -0.1) is 0 Å². The Labute approximate surface area is 149 Å². The van der Waals surface area contributed by atoms with Gasteiger partial charge in [0, 0.05) is 12.2 Å². The fourth-order valence-electron chi connectivity index (χ4n) is 1.87. The second-order valence-corrected chi connectivity index (χ2v) is 6.76. The minimum atomic E-state index is -4.18. The summed E-state index contributed by atoms with van der Waals surface area (Å²) in [6.45, 7) is 3.03. The second-order valence-electron chi connectivity index (χ2n) is 4.66. The molecule has 0 unspecified atom stereocenters. The normalized spacial score (nSPS) is 11.8. The van der Waals surface area contributed by atoms with E-state index in [9.17, 15) is 8.42 Å². The Balaban J connectivity index is 2.11. The zero-order valence-corrected chi connectivity index (χ0v) is 15.4. The number of azo groups is 1. The van der Waals surface area contributed by atoms with Crippen molar-refractivity contribution < 1.29 is 13.0 Å². The average Bonchev–Trinajstić information content (AvgIpc) is 2.55. The Morgan fingerprint density at radius 1 is 1.00 bits per heavy atom. The highest BCUT2D eigenvalue weighted by Crippen LogP contribution is 2.23. The predicted molar refractivity (Wildman–Crippen MR) is 98.8 cm³/mol. The predicted octanol–water partition coefficient (Wildman–Crippen LogP) is 4.57. The SMILES string of the molecule is CCN(CI)c1ccc(N=Nc2ccc(S(=O)(=O)O)cc2)cc1. The van der Waals surface area contributed by atoms with E-state index in [2.05, 4.69) is 44.6 Å². The number of rotatable bonds is 6. The summed E-state index contributed by atoms with van der Waals surface area (Å²) in [5.74, 6) is 0. The summed E-state index contributed by atoms with van der Waals surface area (Å²) in [5, 5.41) is 8.16. The van der Waals surface area contributed by atoms with Crippen LogP contribution in [0.2, 0.25) is 0 Å². The van der Waals surface area contributed by atoms with Crippen molar-refractivity contribution in [1.29, 1.82) is 0 Å². The third-order valence-corrected chi connectivity index (χ3v) is 4.85. The van der Waals surface area contributed by atoms with Crippen LogP contribution in [-0.2, 0) is 10.1 Å². The summed E-state index contributed by atoms with van der Waals surface area (Å²) >= 11 is 2.32. The van der Waals surface area contributed by atoms with Crippen LogP contribution in [0.25, 0.3) is 0 Å². The number of nitrogens with zero attached hydrogens (tertiary/aromatic N) is 3. The maximum Gasteiger partial charge on any atom is 0.294 e. The monoisotopic (exact) mass is 445 g/mol. The van der Waals surface area contributed by atoms with Gasteiger partial charge in [0.2, 0.25) is 0 Å². The van der Waals surface area contributed by atoms with Crippen LogP contribution >= 0.6 is 22.6 Å². The summed E-state index contributed by atoms with van der Waals surface area (Å²) in [6.07, 6.45) is 0. The fourth-order valence-corrected chi connectivity index (χ4v) is 3.22. The Kier molecular flexibility index (Phi) is 6.08. The molecule has 0 aliphatic rings. The minimum Gasteiger partial charge on any atom is -0.363 e. The van der Waals surface area contributed by atoms with E-state index in [4.69, 9.17) is 4.55 Å². The molecule has 0 atom stereocenters. The van der Waals surface area contributed by atoms with E-state index in [0.29, 0.717) is 11.4 Å². The van der Waals surface area contributed by atoms with Gasteiger partial charge >= 0.3 is 0 Å². The molecule has 0 radical (unpaired) electrons. The molecule has 0 heterocycles. The van der Waals surface area contributed by atoms with Crippen LogP contribution in [0.15, 0.2) is 63.7 Å². The Morgan fingerprint density at radius 2 is 1.48 bits per heavy atom. The molecule has 0 saturated heterocycles. The van der Waals surface area contributed by atoms with Gasteiger partial charge in [-0.3, -0.25) is 4.55 Å². The Hall–Kier alpha value is -1.52. The molecule has 6 nitrogen and oxygen atoms in total. The zero-order chi connectivity index (χ0) is 16.9. The van der Waals surface area contributed by atoms with Crippen LogP contribution < -0.4 is 4.90 Å². The van der Waals surface area contributed by atoms with Gasteiger partial charge in [-0.25, -0.2) is 0 Å². The van der Waals surface area contributed by atoms with Crippen LogP contribution in [0.3, 0.4) is 0 Å². The van der Waals surface area contributed by atoms with E-state index in [1.165, 1.54) is 24.3 Å². The van der Waals surface area contributed by atoms with Crippen molar-refractivity contribution >= 4 is 49.8 Å². The molecule has 0 spiro atoms. The summed E-state index contributed by atoms with van der Waals surface area (Å²) in [5.41, 5.74) is 2.33. The van der Waals surface area contributed by atoms with E-state index in [-0.39, 0.29) is 4.90 Å². The molecular weight excluding hydrogens is 429 g/mol. The maximum atomic E-state index is 11.0. The number of alkyl halides is 1. The van der Waals surface area contributed by atoms with Crippen LogP contribution in [0.1, 0.15) is 6.92 Å². The molecule has 2 rings (SSSR count). The lowest BCUT2D eigenvalue weighted by Crippen LogP contribution is -2.19. The molecular formula is C15H16IN3O3S. The molecule has 122 valence electrons. The summed E-state index contributed by atoms with van der Waals surface area (Å²) in [6, 6.07) is 13.3. The van der Waals surface area contributed by atoms with Crippen LogP contribution in [0.4, 0.5) is 17.1 Å². The molecule has 0 amide bonds. The van der Waals surface area contributed by atoms with Crippen molar-refractivity contribution in [2.24, 2.45) is 10.2 Å². The lowest BCUT2D eigenvalue weighted by molar-refractivity contribution is 0.483. The minimum absolute atomic E-state index is 0.167. The highest BCUT2D eigenvalue weighted by atomic mass is 127. The quantitative estimate of drug-likeness (QED) is 0.232. The van der Waals surface area contributed by atoms with E-state index in [1.807, 2.05) is 24.3 Å². The van der Waals surface area contributed by atoms with Gasteiger partial charge in [-0.05, 0) is 55.5 Å². The summed E-state index contributed by atoms with van der Waals surface area (Å²) < 4.78 is 31.7. The van der Waals surface area contributed by atoms with Crippen molar-refractivity contribution in [3.05, 3.63) is 48.5 Å².